The van der Waals surface area contributed by atoms with E-state index in [2.05, 4.69) is 4.98 Å². The lowest BCUT2D eigenvalue weighted by atomic mass is 9.97. The molecule has 1 saturated heterocycles. The van der Waals surface area contributed by atoms with Crippen molar-refractivity contribution in [1.82, 2.24) is 9.55 Å². The van der Waals surface area contributed by atoms with Crippen molar-refractivity contribution >= 4 is 23.4 Å². The molecule has 0 radical (unpaired) electrons. The molecule has 2 aromatic rings. The number of rotatable bonds is 6. The maximum Gasteiger partial charge on any atom is 0.348 e. The molecular weight excluding hydrogens is 386 g/mol. The molecule has 0 spiro atoms. The largest absolute Gasteiger partial charge is 0.376 e. The van der Waals surface area contributed by atoms with Gasteiger partial charge in [0.25, 0.3) is 0 Å². The van der Waals surface area contributed by atoms with Gasteiger partial charge in [-0.15, -0.1) is 0 Å². The average molecular weight is 414 g/mol. The van der Waals surface area contributed by atoms with Gasteiger partial charge < -0.3 is 9.64 Å². The predicted octanol–water partition coefficient (Wildman–Crippen LogP) is 3.06. The summed E-state index contributed by atoms with van der Waals surface area (Å²) in [6.07, 6.45) is 6.16. The maximum atomic E-state index is 12.8. The highest BCUT2D eigenvalue weighted by atomic mass is 32.2. The van der Waals surface area contributed by atoms with Crippen molar-refractivity contribution in [2.24, 2.45) is 0 Å². The number of nitrogens with zero attached hydrogens (tertiary/aromatic N) is 3. The number of hydrogen-bond donors (Lipinski definition) is 0. The number of anilines is 1. The van der Waals surface area contributed by atoms with Gasteiger partial charge in [-0.05, 0) is 50.7 Å². The van der Waals surface area contributed by atoms with Crippen LogP contribution in [0, 0.1) is 0 Å². The summed E-state index contributed by atoms with van der Waals surface area (Å²) in [4.78, 5) is 31.5. The normalized spacial score (nSPS) is 18.4. The first-order chi connectivity index (χ1) is 14.1. The van der Waals surface area contributed by atoms with Gasteiger partial charge in [0.05, 0.1) is 18.4 Å². The van der Waals surface area contributed by atoms with Gasteiger partial charge in [0.2, 0.25) is 5.91 Å². The summed E-state index contributed by atoms with van der Waals surface area (Å²) in [6.45, 7) is 1.37. The van der Waals surface area contributed by atoms with E-state index in [-0.39, 0.29) is 23.5 Å². The molecule has 7 heteroatoms. The molecular formula is C22H27N3O3S. The molecule has 1 fully saturated rings. The lowest BCUT2D eigenvalue weighted by Crippen LogP contribution is -2.34. The average Bonchev–Trinajstić information content (AvgIpc) is 3.27. The van der Waals surface area contributed by atoms with Crippen molar-refractivity contribution in [3.8, 4) is 0 Å². The van der Waals surface area contributed by atoms with E-state index in [4.69, 9.17) is 4.74 Å². The van der Waals surface area contributed by atoms with Crippen molar-refractivity contribution in [3.05, 3.63) is 52.1 Å². The summed E-state index contributed by atoms with van der Waals surface area (Å²) >= 11 is 1.38. The first-order valence-electron chi connectivity index (χ1n) is 10.3. The Balaban J connectivity index is 1.52. The molecule has 0 N–H and O–H groups in total. The summed E-state index contributed by atoms with van der Waals surface area (Å²) < 4.78 is 7.56. The van der Waals surface area contributed by atoms with Gasteiger partial charge in [-0.3, -0.25) is 9.36 Å². The van der Waals surface area contributed by atoms with E-state index in [1.54, 1.807) is 11.9 Å². The molecule has 0 bridgehead atoms. The Hall–Kier alpha value is -2.12. The number of amides is 1. The Morgan fingerprint density at radius 2 is 2.03 bits per heavy atom. The Kier molecular flexibility index (Phi) is 6.35. The fourth-order valence-corrected chi connectivity index (χ4v) is 5.06. The molecule has 1 aliphatic heterocycles. The topological polar surface area (TPSA) is 64.4 Å². The smallest absolute Gasteiger partial charge is 0.348 e. The van der Waals surface area contributed by atoms with Gasteiger partial charge in [-0.1, -0.05) is 30.0 Å². The quantitative estimate of drug-likeness (QED) is 0.538. The van der Waals surface area contributed by atoms with Crippen molar-refractivity contribution < 1.29 is 9.53 Å². The van der Waals surface area contributed by atoms with E-state index in [9.17, 15) is 9.59 Å². The van der Waals surface area contributed by atoms with Gasteiger partial charge in [-0.25, -0.2) is 4.79 Å². The van der Waals surface area contributed by atoms with Crippen molar-refractivity contribution in [3.63, 3.8) is 0 Å². The molecule has 0 saturated carbocycles. The summed E-state index contributed by atoms with van der Waals surface area (Å²) in [7, 11) is 1.78. The molecule has 1 aliphatic carbocycles. The summed E-state index contributed by atoms with van der Waals surface area (Å²) in [5.41, 5.74) is 2.89. The molecule has 2 aliphatic rings. The fraction of sp³-hybridized carbons (Fsp3) is 0.500. The highest BCUT2D eigenvalue weighted by Crippen LogP contribution is 2.29. The van der Waals surface area contributed by atoms with E-state index in [1.807, 2.05) is 34.9 Å². The molecule has 6 nitrogen and oxygen atoms in total. The van der Waals surface area contributed by atoms with Gasteiger partial charge in [0.15, 0.2) is 0 Å². The fourth-order valence-electron chi connectivity index (χ4n) is 4.07. The second-order valence-electron chi connectivity index (χ2n) is 7.65. The molecule has 1 amide bonds. The highest BCUT2D eigenvalue weighted by Gasteiger charge is 2.24. The Morgan fingerprint density at radius 1 is 1.24 bits per heavy atom. The molecule has 1 unspecified atom stereocenters. The third-order valence-electron chi connectivity index (χ3n) is 5.71. The SMILES string of the molecule is CN(C(=O)CSc1nc(=O)n(CC2CCCO2)c2c1CCCC2)c1ccccc1. The van der Waals surface area contributed by atoms with Crippen LogP contribution in [0.5, 0.6) is 0 Å². The van der Waals surface area contributed by atoms with Crippen LogP contribution in [-0.2, 0) is 28.9 Å². The second-order valence-corrected chi connectivity index (χ2v) is 8.62. The number of ether oxygens (including phenoxy) is 1. The van der Waals surface area contributed by atoms with Crippen LogP contribution in [0.1, 0.15) is 36.9 Å². The summed E-state index contributed by atoms with van der Waals surface area (Å²) in [5, 5.41) is 0.725. The molecule has 1 aromatic carbocycles. The third-order valence-corrected chi connectivity index (χ3v) is 6.71. The lowest BCUT2D eigenvalue weighted by Gasteiger charge is -2.24. The number of benzene rings is 1. The predicted molar refractivity (Wildman–Crippen MR) is 115 cm³/mol. The Bertz CT molecular complexity index is 923. The Labute approximate surface area is 175 Å². The van der Waals surface area contributed by atoms with Crippen LogP contribution in [-0.4, -0.2) is 41.0 Å². The van der Waals surface area contributed by atoms with Crippen molar-refractivity contribution in [2.45, 2.75) is 56.2 Å². The van der Waals surface area contributed by atoms with E-state index in [0.29, 0.717) is 6.54 Å². The highest BCUT2D eigenvalue weighted by molar-refractivity contribution is 8.00. The number of hydrogen-bond acceptors (Lipinski definition) is 5. The van der Waals surface area contributed by atoms with E-state index in [0.717, 1.165) is 67.1 Å². The van der Waals surface area contributed by atoms with Crippen LogP contribution < -0.4 is 10.6 Å². The zero-order valence-electron chi connectivity index (χ0n) is 16.8. The molecule has 2 heterocycles. The standard InChI is InChI=1S/C22H27N3O3S/c1-24(16-8-3-2-4-9-16)20(26)15-29-21-18-11-5-6-12-19(18)25(22(27)23-21)14-17-10-7-13-28-17/h2-4,8-9,17H,5-7,10-15H2,1H3. The van der Waals surface area contributed by atoms with Gasteiger partial charge in [0.1, 0.15) is 5.03 Å². The van der Waals surface area contributed by atoms with Crippen LogP contribution in [0.4, 0.5) is 5.69 Å². The molecule has 29 heavy (non-hydrogen) atoms. The van der Waals surface area contributed by atoms with Crippen LogP contribution in [0.15, 0.2) is 40.2 Å². The Morgan fingerprint density at radius 3 is 2.79 bits per heavy atom. The zero-order chi connectivity index (χ0) is 20.2. The third kappa shape index (κ3) is 4.56. The zero-order valence-corrected chi connectivity index (χ0v) is 17.6. The second kappa shape index (κ2) is 9.13. The van der Waals surface area contributed by atoms with Crippen molar-refractivity contribution in [1.29, 1.82) is 0 Å². The van der Waals surface area contributed by atoms with E-state index >= 15 is 0 Å². The minimum absolute atomic E-state index is 0.00362. The first kappa shape index (κ1) is 20.2. The number of carbonyl (C=O) groups is 1. The van der Waals surface area contributed by atoms with E-state index in [1.165, 1.54) is 11.8 Å². The van der Waals surface area contributed by atoms with Crippen LogP contribution in [0.25, 0.3) is 0 Å². The molecule has 1 aromatic heterocycles. The van der Waals surface area contributed by atoms with Crippen LogP contribution in [0.3, 0.4) is 0 Å². The van der Waals surface area contributed by atoms with E-state index < -0.39 is 0 Å². The van der Waals surface area contributed by atoms with Crippen molar-refractivity contribution in [2.75, 3.05) is 24.3 Å². The minimum atomic E-state index is -0.215. The summed E-state index contributed by atoms with van der Waals surface area (Å²) in [6, 6.07) is 9.58. The van der Waals surface area contributed by atoms with Crippen LogP contribution in [0.2, 0.25) is 0 Å². The van der Waals surface area contributed by atoms with Crippen LogP contribution >= 0.6 is 11.8 Å². The monoisotopic (exact) mass is 413 g/mol. The number of aromatic nitrogens is 2. The first-order valence-corrected chi connectivity index (χ1v) is 11.3. The number of para-hydroxylation sites is 1. The van der Waals surface area contributed by atoms with Gasteiger partial charge >= 0.3 is 5.69 Å². The number of thioether (sulfide) groups is 1. The number of fused-ring (bicyclic) bond motifs is 1. The minimum Gasteiger partial charge on any atom is -0.376 e. The van der Waals surface area contributed by atoms with Gasteiger partial charge in [-0.2, -0.15) is 4.98 Å². The molecule has 4 rings (SSSR count). The maximum absolute atomic E-state index is 12.8. The summed E-state index contributed by atoms with van der Waals surface area (Å²) in [5.74, 6) is 0.260. The molecule has 1 atom stereocenters. The lowest BCUT2D eigenvalue weighted by molar-refractivity contribution is -0.115. The van der Waals surface area contributed by atoms with Gasteiger partial charge in [0, 0.05) is 30.6 Å². The number of carbonyl (C=O) groups excluding carboxylic acids is 1. The molecule has 154 valence electrons.